The van der Waals surface area contributed by atoms with Crippen LogP contribution in [0.5, 0.6) is 0 Å². The third-order valence-electron chi connectivity index (χ3n) is 1.64. The van der Waals surface area contributed by atoms with Crippen LogP contribution in [0.15, 0.2) is 18.2 Å². The van der Waals surface area contributed by atoms with Crippen molar-refractivity contribution in [1.82, 2.24) is 0 Å². The Balaban J connectivity index is 2.93. The molecule has 12 heavy (non-hydrogen) atoms. The number of aryl methyl sites for hydroxylation is 1. The number of halogens is 1. The van der Waals surface area contributed by atoms with E-state index >= 15 is 0 Å². The molecule has 1 aromatic rings. The second kappa shape index (κ2) is 3.34. The molecule has 0 N–H and O–H groups in total. The summed E-state index contributed by atoms with van der Waals surface area (Å²) in [5.41, 5.74) is 1.23. The molecule has 0 aromatic heterocycles. The van der Waals surface area contributed by atoms with Gasteiger partial charge in [0.05, 0.1) is 0 Å². The smallest absolute Gasteiger partial charge is 0.123 e. The van der Waals surface area contributed by atoms with E-state index in [-0.39, 0.29) is 12.2 Å². The van der Waals surface area contributed by atoms with Crippen LogP contribution in [-0.2, 0) is 11.2 Å². The first kappa shape index (κ1) is 8.71. The Kier molecular flexibility index (Phi) is 2.43. The molecule has 2 nitrogen and oxygen atoms in total. The van der Waals surface area contributed by atoms with E-state index in [0.717, 1.165) is 0 Å². The fourth-order valence-electron chi connectivity index (χ4n) is 1.01. The minimum Gasteiger partial charge on any atom is -0.550 e. The maximum absolute atomic E-state index is 12.5. The van der Waals surface area contributed by atoms with Crippen molar-refractivity contribution in [3.05, 3.63) is 35.1 Å². The monoisotopic (exact) mass is 167 g/mol. The van der Waals surface area contributed by atoms with Crippen molar-refractivity contribution < 1.29 is 14.3 Å². The number of aliphatic carboxylic acids is 1. The highest BCUT2D eigenvalue weighted by Crippen LogP contribution is 2.09. The van der Waals surface area contributed by atoms with Gasteiger partial charge in [-0.15, -0.1) is 0 Å². The highest BCUT2D eigenvalue weighted by atomic mass is 19.1. The lowest BCUT2D eigenvalue weighted by molar-refractivity contribution is -0.304. The summed E-state index contributed by atoms with van der Waals surface area (Å²) in [5.74, 6) is -1.50. The maximum Gasteiger partial charge on any atom is 0.123 e. The molecule has 0 atom stereocenters. The molecule has 0 radical (unpaired) electrons. The van der Waals surface area contributed by atoms with Gasteiger partial charge in [0.2, 0.25) is 0 Å². The summed E-state index contributed by atoms with van der Waals surface area (Å²) in [6, 6.07) is 4.00. The number of rotatable bonds is 2. The molecular weight excluding hydrogens is 159 g/mol. The molecule has 0 spiro atoms. The number of benzene rings is 1. The van der Waals surface area contributed by atoms with E-state index in [1.807, 2.05) is 0 Å². The normalized spacial score (nSPS) is 9.83. The van der Waals surface area contributed by atoms with Gasteiger partial charge >= 0.3 is 0 Å². The molecule has 0 saturated heterocycles. The molecule has 0 unspecified atom stereocenters. The van der Waals surface area contributed by atoms with Crippen molar-refractivity contribution in [2.75, 3.05) is 0 Å². The van der Waals surface area contributed by atoms with E-state index < -0.39 is 5.97 Å². The van der Waals surface area contributed by atoms with Gasteiger partial charge in [0, 0.05) is 12.4 Å². The predicted molar refractivity (Wildman–Crippen MR) is 39.8 cm³/mol. The van der Waals surface area contributed by atoms with Gasteiger partial charge in [-0.2, -0.15) is 0 Å². The number of hydrogen-bond acceptors (Lipinski definition) is 2. The summed E-state index contributed by atoms with van der Waals surface area (Å²) >= 11 is 0. The van der Waals surface area contributed by atoms with Gasteiger partial charge < -0.3 is 9.90 Å². The number of carbonyl (C=O) groups excluding carboxylic acids is 1. The van der Waals surface area contributed by atoms with Gasteiger partial charge in [-0.3, -0.25) is 0 Å². The average Bonchev–Trinajstić information content (AvgIpc) is 1.94. The Hall–Kier alpha value is -1.38. The van der Waals surface area contributed by atoms with Gasteiger partial charge in [-0.1, -0.05) is 6.07 Å². The van der Waals surface area contributed by atoms with E-state index in [9.17, 15) is 14.3 Å². The van der Waals surface area contributed by atoms with Gasteiger partial charge in [0.25, 0.3) is 0 Å². The van der Waals surface area contributed by atoms with Gasteiger partial charge in [0.15, 0.2) is 0 Å². The van der Waals surface area contributed by atoms with Crippen LogP contribution in [0.1, 0.15) is 11.1 Å². The number of carboxylic acids is 1. The second-order valence-electron chi connectivity index (χ2n) is 2.62. The molecular formula is C9H8FO2-. The van der Waals surface area contributed by atoms with Crippen molar-refractivity contribution in [3.8, 4) is 0 Å². The van der Waals surface area contributed by atoms with Crippen LogP contribution in [0.2, 0.25) is 0 Å². The Morgan fingerprint density at radius 3 is 2.75 bits per heavy atom. The SMILES string of the molecule is Cc1cc(F)ccc1CC(=O)[O-]. The topological polar surface area (TPSA) is 40.1 Å². The zero-order valence-corrected chi connectivity index (χ0v) is 6.63. The molecule has 0 bridgehead atoms. The minimum atomic E-state index is -1.15. The van der Waals surface area contributed by atoms with Crippen LogP contribution in [0.4, 0.5) is 4.39 Å². The van der Waals surface area contributed by atoms with E-state index in [1.54, 1.807) is 6.92 Å². The molecule has 64 valence electrons. The highest BCUT2D eigenvalue weighted by molar-refractivity contribution is 5.68. The van der Waals surface area contributed by atoms with Crippen molar-refractivity contribution in [2.24, 2.45) is 0 Å². The van der Waals surface area contributed by atoms with Gasteiger partial charge in [0.1, 0.15) is 5.82 Å². The van der Waals surface area contributed by atoms with E-state index in [0.29, 0.717) is 11.1 Å². The fourth-order valence-corrected chi connectivity index (χ4v) is 1.01. The first-order valence-electron chi connectivity index (χ1n) is 3.54. The minimum absolute atomic E-state index is 0.161. The molecule has 0 amide bonds. The summed E-state index contributed by atoms with van der Waals surface area (Å²) in [5, 5.41) is 10.2. The van der Waals surface area contributed by atoms with Crippen molar-refractivity contribution in [1.29, 1.82) is 0 Å². The Bertz CT molecular complexity index is 307. The summed E-state index contributed by atoms with van der Waals surface area (Å²) in [4.78, 5) is 10.2. The van der Waals surface area contributed by atoms with E-state index in [4.69, 9.17) is 0 Å². The second-order valence-corrected chi connectivity index (χ2v) is 2.62. The lowest BCUT2D eigenvalue weighted by Crippen LogP contribution is -2.24. The fraction of sp³-hybridized carbons (Fsp3) is 0.222. The third-order valence-corrected chi connectivity index (χ3v) is 1.64. The zero-order chi connectivity index (χ0) is 9.14. The molecule has 0 aliphatic rings. The average molecular weight is 167 g/mol. The predicted octanol–water partition coefficient (Wildman–Crippen LogP) is 0.427. The third kappa shape index (κ3) is 2.05. The first-order chi connectivity index (χ1) is 5.59. The maximum atomic E-state index is 12.5. The van der Waals surface area contributed by atoms with Crippen LogP contribution in [0.25, 0.3) is 0 Å². The first-order valence-corrected chi connectivity index (χ1v) is 3.54. The Labute approximate surface area is 69.6 Å². The number of carboxylic acid groups (broad SMARTS) is 1. The summed E-state index contributed by atoms with van der Waals surface area (Å²) in [6.07, 6.45) is -0.161. The molecule has 3 heteroatoms. The molecule has 0 heterocycles. The number of carbonyl (C=O) groups is 1. The largest absolute Gasteiger partial charge is 0.550 e. The van der Waals surface area contributed by atoms with Crippen LogP contribution in [-0.4, -0.2) is 5.97 Å². The quantitative estimate of drug-likeness (QED) is 0.640. The molecule has 0 aliphatic carbocycles. The standard InChI is InChI=1S/C9H9FO2/c1-6-4-8(10)3-2-7(6)5-9(11)12/h2-4H,5H2,1H3,(H,11,12)/p-1. The van der Waals surface area contributed by atoms with Crippen LogP contribution in [0.3, 0.4) is 0 Å². The van der Waals surface area contributed by atoms with Crippen LogP contribution >= 0.6 is 0 Å². The van der Waals surface area contributed by atoms with Crippen molar-refractivity contribution >= 4 is 5.97 Å². The van der Waals surface area contributed by atoms with Crippen LogP contribution in [0, 0.1) is 12.7 Å². The summed E-state index contributed by atoms with van der Waals surface area (Å²) < 4.78 is 12.5. The molecule has 1 aromatic carbocycles. The lowest BCUT2D eigenvalue weighted by Gasteiger charge is -2.05. The van der Waals surface area contributed by atoms with E-state index in [1.165, 1.54) is 18.2 Å². The highest BCUT2D eigenvalue weighted by Gasteiger charge is 1.99. The van der Waals surface area contributed by atoms with Gasteiger partial charge in [-0.05, 0) is 30.2 Å². The molecule has 1 rings (SSSR count). The molecule has 0 saturated carbocycles. The molecule has 0 aliphatic heterocycles. The van der Waals surface area contributed by atoms with Gasteiger partial charge in [-0.25, -0.2) is 4.39 Å². The van der Waals surface area contributed by atoms with Crippen LogP contribution < -0.4 is 5.11 Å². The van der Waals surface area contributed by atoms with E-state index in [2.05, 4.69) is 0 Å². The lowest BCUT2D eigenvalue weighted by atomic mass is 10.1. The Morgan fingerprint density at radius 1 is 1.58 bits per heavy atom. The summed E-state index contributed by atoms with van der Waals surface area (Å²) in [6.45, 7) is 1.67. The van der Waals surface area contributed by atoms with Crippen molar-refractivity contribution in [2.45, 2.75) is 13.3 Å². The zero-order valence-electron chi connectivity index (χ0n) is 6.63. The molecule has 0 fully saturated rings. The van der Waals surface area contributed by atoms with Crippen molar-refractivity contribution in [3.63, 3.8) is 0 Å². The number of hydrogen-bond donors (Lipinski definition) is 0. The Morgan fingerprint density at radius 2 is 2.25 bits per heavy atom. The summed E-state index contributed by atoms with van der Waals surface area (Å²) in [7, 11) is 0.